The van der Waals surface area contributed by atoms with Crippen LogP contribution in [0.4, 0.5) is 0 Å². The molecule has 0 aromatic rings. The van der Waals surface area contributed by atoms with Gasteiger partial charge in [0.2, 0.25) is 0 Å². The van der Waals surface area contributed by atoms with Gasteiger partial charge < -0.3 is 5.43 Å². The zero-order chi connectivity index (χ0) is 4.41. The summed E-state index contributed by atoms with van der Waals surface area (Å²) >= 11 is 0. The van der Waals surface area contributed by atoms with E-state index in [1.807, 2.05) is 6.08 Å². The summed E-state index contributed by atoms with van der Waals surface area (Å²) < 4.78 is 0. The second-order valence-corrected chi connectivity index (χ2v) is 1.17. The molecule has 0 aliphatic carbocycles. The molecule has 1 aliphatic rings. The maximum atomic E-state index is 5.27. The van der Waals surface area contributed by atoms with Crippen molar-refractivity contribution in [3.05, 3.63) is 12.3 Å². The average molecular weight is 79.9 g/mol. The quantitative estimate of drug-likeness (QED) is 0.368. The van der Waals surface area contributed by atoms with E-state index in [0.717, 1.165) is 0 Å². The van der Waals surface area contributed by atoms with Gasteiger partial charge in [-0.25, -0.2) is 5.43 Å². The summed E-state index contributed by atoms with van der Waals surface area (Å²) in [5.74, 6) is 0.00463. The van der Waals surface area contributed by atoms with E-state index >= 15 is 0 Å². The highest BCUT2D eigenvalue weighted by Crippen LogP contribution is 1.80. The molecule has 30 valence electrons. The van der Waals surface area contributed by atoms with E-state index in [1.165, 1.54) is 0 Å². The van der Waals surface area contributed by atoms with Crippen molar-refractivity contribution in [1.82, 2.24) is 10.9 Å². The van der Waals surface area contributed by atoms with E-state index in [4.69, 9.17) is 7.85 Å². The standard InChI is InChI=1S/C3H5BN2/c4-3-1-2-5-6-3/h1-3,5-6H. The highest BCUT2D eigenvalue weighted by atomic mass is 15.4. The van der Waals surface area contributed by atoms with Crippen LogP contribution < -0.4 is 10.9 Å². The third-order valence-electron chi connectivity index (χ3n) is 0.637. The molecule has 0 aromatic carbocycles. The fourth-order valence-electron chi connectivity index (χ4n) is 0.344. The van der Waals surface area contributed by atoms with Gasteiger partial charge in [-0.05, 0) is 0 Å². The Kier molecular flexibility index (Phi) is 0.840. The molecule has 1 aliphatic heterocycles. The van der Waals surface area contributed by atoms with Crippen LogP contribution >= 0.6 is 0 Å². The van der Waals surface area contributed by atoms with Gasteiger partial charge in [0.05, 0.1) is 7.85 Å². The molecular weight excluding hydrogens is 74.9 g/mol. The predicted molar refractivity (Wildman–Crippen MR) is 25.0 cm³/mol. The number of hydrogen-bond donors (Lipinski definition) is 2. The summed E-state index contributed by atoms with van der Waals surface area (Å²) in [5.41, 5.74) is 5.45. The summed E-state index contributed by atoms with van der Waals surface area (Å²) in [5, 5.41) is 0. The Morgan fingerprint density at radius 3 is 2.67 bits per heavy atom. The van der Waals surface area contributed by atoms with Crippen LogP contribution in [0.25, 0.3) is 0 Å². The molecule has 0 spiro atoms. The molecule has 0 amide bonds. The number of hydrazine groups is 1. The van der Waals surface area contributed by atoms with E-state index in [0.29, 0.717) is 0 Å². The molecule has 0 aromatic heterocycles. The Balaban J connectivity index is 2.38. The summed E-state index contributed by atoms with van der Waals surface area (Å²) in [6, 6.07) is 0. The maximum absolute atomic E-state index is 5.27. The zero-order valence-electron chi connectivity index (χ0n) is 3.31. The highest BCUT2D eigenvalue weighted by Gasteiger charge is 1.95. The van der Waals surface area contributed by atoms with Gasteiger partial charge >= 0.3 is 0 Å². The Labute approximate surface area is 38.0 Å². The molecule has 1 heterocycles. The molecule has 0 bridgehead atoms. The first kappa shape index (κ1) is 3.74. The van der Waals surface area contributed by atoms with Crippen molar-refractivity contribution in [2.45, 2.75) is 5.94 Å². The molecule has 1 rings (SSSR count). The fraction of sp³-hybridized carbons (Fsp3) is 0.333. The number of rotatable bonds is 0. The molecule has 6 heavy (non-hydrogen) atoms. The van der Waals surface area contributed by atoms with E-state index in [2.05, 4.69) is 10.9 Å². The topological polar surface area (TPSA) is 24.1 Å². The van der Waals surface area contributed by atoms with Crippen LogP contribution in [0.15, 0.2) is 12.3 Å². The van der Waals surface area contributed by atoms with Gasteiger partial charge in [-0.1, -0.05) is 6.08 Å². The SMILES string of the molecule is [B]C1C=CNN1. The van der Waals surface area contributed by atoms with E-state index in [9.17, 15) is 0 Å². The minimum Gasteiger partial charge on any atom is -0.329 e. The van der Waals surface area contributed by atoms with Gasteiger partial charge in [0.15, 0.2) is 0 Å². The van der Waals surface area contributed by atoms with E-state index in [1.54, 1.807) is 6.20 Å². The zero-order valence-corrected chi connectivity index (χ0v) is 3.31. The van der Waals surface area contributed by atoms with Crippen LogP contribution in [0.3, 0.4) is 0 Å². The molecule has 1 atom stereocenters. The van der Waals surface area contributed by atoms with Crippen molar-refractivity contribution in [2.24, 2.45) is 0 Å². The van der Waals surface area contributed by atoms with Crippen LogP contribution in [0, 0.1) is 0 Å². The van der Waals surface area contributed by atoms with Crippen LogP contribution in [0.5, 0.6) is 0 Å². The predicted octanol–water partition coefficient (Wildman–Crippen LogP) is -0.898. The van der Waals surface area contributed by atoms with Crippen molar-refractivity contribution >= 4 is 7.85 Å². The monoisotopic (exact) mass is 80.1 g/mol. The maximum Gasteiger partial charge on any atom is 0.0990 e. The smallest absolute Gasteiger partial charge is 0.0990 e. The molecule has 2 radical (unpaired) electrons. The number of nitrogens with one attached hydrogen (secondary N) is 2. The van der Waals surface area contributed by atoms with Crippen LogP contribution in [-0.4, -0.2) is 13.8 Å². The Hall–Kier alpha value is -0.435. The summed E-state index contributed by atoms with van der Waals surface area (Å²) in [6.07, 6.45) is 3.60. The molecule has 2 nitrogen and oxygen atoms in total. The van der Waals surface area contributed by atoms with E-state index < -0.39 is 0 Å². The molecule has 3 heteroatoms. The van der Waals surface area contributed by atoms with Gasteiger partial charge in [0, 0.05) is 12.1 Å². The van der Waals surface area contributed by atoms with Crippen LogP contribution in [0.2, 0.25) is 0 Å². The third kappa shape index (κ3) is 0.544. The molecule has 1 unspecified atom stereocenters. The van der Waals surface area contributed by atoms with Crippen molar-refractivity contribution in [3.8, 4) is 0 Å². The second-order valence-electron chi connectivity index (χ2n) is 1.17. The summed E-state index contributed by atoms with van der Waals surface area (Å²) in [7, 11) is 5.27. The fourth-order valence-corrected chi connectivity index (χ4v) is 0.344. The molecule has 2 N–H and O–H groups in total. The molecule has 0 fully saturated rings. The largest absolute Gasteiger partial charge is 0.329 e. The first-order valence-corrected chi connectivity index (χ1v) is 1.83. The van der Waals surface area contributed by atoms with Gasteiger partial charge in [0.25, 0.3) is 0 Å². The third-order valence-corrected chi connectivity index (χ3v) is 0.637. The van der Waals surface area contributed by atoms with Crippen LogP contribution in [0.1, 0.15) is 0 Å². The van der Waals surface area contributed by atoms with Crippen molar-refractivity contribution < 1.29 is 0 Å². The lowest BCUT2D eigenvalue weighted by molar-refractivity contribution is 0.693. The minimum absolute atomic E-state index is 0.00463. The molecular formula is C3H5BN2. The summed E-state index contributed by atoms with van der Waals surface area (Å²) in [6.45, 7) is 0. The summed E-state index contributed by atoms with van der Waals surface area (Å²) in [4.78, 5) is 0. The lowest BCUT2D eigenvalue weighted by Gasteiger charge is -1.96. The average Bonchev–Trinajstić information content (AvgIpc) is 1.86. The first-order chi connectivity index (χ1) is 2.89. The van der Waals surface area contributed by atoms with Gasteiger partial charge in [-0.2, -0.15) is 0 Å². The van der Waals surface area contributed by atoms with Gasteiger partial charge in [0.1, 0.15) is 0 Å². The van der Waals surface area contributed by atoms with Crippen molar-refractivity contribution in [3.63, 3.8) is 0 Å². The van der Waals surface area contributed by atoms with E-state index in [-0.39, 0.29) is 5.94 Å². The second kappa shape index (κ2) is 1.35. The Morgan fingerprint density at radius 2 is 2.50 bits per heavy atom. The molecule has 0 saturated heterocycles. The first-order valence-electron chi connectivity index (χ1n) is 1.83. The van der Waals surface area contributed by atoms with Crippen molar-refractivity contribution in [2.75, 3.05) is 0 Å². The lowest BCUT2D eigenvalue weighted by atomic mass is 9.99. The normalized spacial score (nSPS) is 30.3. The van der Waals surface area contributed by atoms with Gasteiger partial charge in [-0.3, -0.25) is 0 Å². The number of hydrogen-bond acceptors (Lipinski definition) is 2. The highest BCUT2D eigenvalue weighted by molar-refractivity contribution is 6.13. The van der Waals surface area contributed by atoms with Crippen molar-refractivity contribution in [1.29, 1.82) is 0 Å². The Bertz CT molecular complexity index is 71.2. The van der Waals surface area contributed by atoms with Crippen LogP contribution in [-0.2, 0) is 0 Å². The van der Waals surface area contributed by atoms with Gasteiger partial charge in [-0.15, -0.1) is 0 Å². The molecule has 0 saturated carbocycles. The minimum atomic E-state index is 0.00463. The Morgan fingerprint density at radius 1 is 1.67 bits per heavy atom. The lowest BCUT2D eigenvalue weighted by Crippen LogP contribution is -2.30.